The van der Waals surface area contributed by atoms with Crippen molar-refractivity contribution >= 4 is 6.09 Å². The molecule has 0 N–H and O–H groups in total. The number of ether oxygens (including phenoxy) is 2. The van der Waals surface area contributed by atoms with Gasteiger partial charge in [-0.15, -0.1) is 0 Å². The molecule has 0 aliphatic carbocycles. The number of piperidine rings is 1. The highest BCUT2D eigenvalue weighted by atomic mass is 16.6. The number of benzene rings is 1. The average molecular weight is 360 g/mol. The number of carbonyl (C=O) groups is 1. The number of nitrogens with zero attached hydrogens (tertiary/aromatic N) is 2. The van der Waals surface area contributed by atoms with E-state index in [1.54, 1.807) is 0 Å². The van der Waals surface area contributed by atoms with Gasteiger partial charge in [-0.2, -0.15) is 0 Å². The van der Waals surface area contributed by atoms with Crippen LogP contribution < -0.4 is 4.74 Å². The van der Waals surface area contributed by atoms with Crippen LogP contribution >= 0.6 is 0 Å². The summed E-state index contributed by atoms with van der Waals surface area (Å²) in [6.07, 6.45) is 2.08. The Hall–Kier alpha value is -1.75. The van der Waals surface area contributed by atoms with E-state index in [1.165, 1.54) is 5.56 Å². The van der Waals surface area contributed by atoms with Crippen molar-refractivity contribution in [2.24, 2.45) is 5.92 Å². The summed E-state index contributed by atoms with van der Waals surface area (Å²) >= 11 is 0. The fraction of sp³-hybridized carbons (Fsp3) is 0.667. The fourth-order valence-electron chi connectivity index (χ4n) is 3.81. The first kappa shape index (κ1) is 19.0. The second-order valence-electron chi connectivity index (χ2n) is 8.65. The lowest BCUT2D eigenvalue weighted by Gasteiger charge is -2.46. The molecule has 2 saturated heterocycles. The Morgan fingerprint density at radius 1 is 1.19 bits per heavy atom. The molecule has 0 aromatic heterocycles. The minimum absolute atomic E-state index is 0.179. The molecule has 2 aliphatic rings. The summed E-state index contributed by atoms with van der Waals surface area (Å²) in [5.41, 5.74) is 0.795. The SMILES string of the molecule is Cc1cccc(OC[C@H]2CC[C@H]3CN(C(=O)OC(C)(C)C)CCN3C2)c1. The molecule has 2 atom stereocenters. The first-order valence-electron chi connectivity index (χ1n) is 9.71. The van der Waals surface area contributed by atoms with E-state index in [4.69, 9.17) is 9.47 Å². The van der Waals surface area contributed by atoms with E-state index in [1.807, 2.05) is 37.8 Å². The predicted molar refractivity (Wildman–Crippen MR) is 103 cm³/mol. The molecule has 2 heterocycles. The van der Waals surface area contributed by atoms with Crippen LogP contribution in [0, 0.1) is 12.8 Å². The Labute approximate surface area is 157 Å². The highest BCUT2D eigenvalue weighted by Crippen LogP contribution is 2.27. The lowest BCUT2D eigenvalue weighted by molar-refractivity contribution is -0.0122. The Morgan fingerprint density at radius 3 is 2.73 bits per heavy atom. The van der Waals surface area contributed by atoms with Gasteiger partial charge in [-0.25, -0.2) is 4.79 Å². The third-order valence-corrected chi connectivity index (χ3v) is 5.13. The van der Waals surface area contributed by atoms with Gasteiger partial charge >= 0.3 is 6.09 Å². The maximum Gasteiger partial charge on any atom is 0.410 e. The number of aryl methyl sites for hydroxylation is 1. The second-order valence-corrected chi connectivity index (χ2v) is 8.65. The van der Waals surface area contributed by atoms with Gasteiger partial charge in [0, 0.05) is 38.1 Å². The zero-order valence-electron chi connectivity index (χ0n) is 16.5. The van der Waals surface area contributed by atoms with Crippen LogP contribution in [-0.2, 0) is 4.74 Å². The molecule has 26 heavy (non-hydrogen) atoms. The largest absolute Gasteiger partial charge is 0.493 e. The Bertz CT molecular complexity index is 626. The number of carbonyl (C=O) groups excluding carboxylic acids is 1. The normalized spacial score (nSPS) is 24.1. The van der Waals surface area contributed by atoms with Crippen LogP contribution in [-0.4, -0.2) is 60.3 Å². The zero-order valence-corrected chi connectivity index (χ0v) is 16.5. The molecule has 1 amide bonds. The summed E-state index contributed by atoms with van der Waals surface area (Å²) in [5.74, 6) is 1.52. The lowest BCUT2D eigenvalue weighted by Crippen LogP contribution is -2.58. The van der Waals surface area contributed by atoms with Crippen molar-refractivity contribution in [3.8, 4) is 5.75 Å². The van der Waals surface area contributed by atoms with Gasteiger partial charge in [-0.3, -0.25) is 4.90 Å². The van der Waals surface area contributed by atoms with Crippen molar-refractivity contribution in [3.05, 3.63) is 29.8 Å². The summed E-state index contributed by atoms with van der Waals surface area (Å²) in [4.78, 5) is 16.7. The number of piperazine rings is 1. The number of amides is 1. The van der Waals surface area contributed by atoms with Gasteiger partial charge < -0.3 is 14.4 Å². The standard InChI is InChI=1S/C21H32N2O3/c1-16-6-5-7-19(12-16)25-15-17-8-9-18-14-23(11-10-22(18)13-17)20(24)26-21(2,3)4/h5-7,12,17-18H,8-11,13-15H2,1-4H3/t17-,18-/m0/s1. The maximum atomic E-state index is 12.3. The topological polar surface area (TPSA) is 42.0 Å². The van der Waals surface area contributed by atoms with E-state index in [9.17, 15) is 4.79 Å². The highest BCUT2D eigenvalue weighted by molar-refractivity contribution is 5.68. The van der Waals surface area contributed by atoms with Crippen LogP contribution in [0.1, 0.15) is 39.2 Å². The summed E-state index contributed by atoms with van der Waals surface area (Å²) < 4.78 is 11.5. The van der Waals surface area contributed by atoms with E-state index in [-0.39, 0.29) is 6.09 Å². The molecule has 0 spiro atoms. The van der Waals surface area contributed by atoms with Gasteiger partial charge in [0.1, 0.15) is 11.4 Å². The van der Waals surface area contributed by atoms with Crippen LogP contribution in [0.2, 0.25) is 0 Å². The van der Waals surface area contributed by atoms with Gasteiger partial charge in [-0.1, -0.05) is 12.1 Å². The quantitative estimate of drug-likeness (QED) is 0.824. The van der Waals surface area contributed by atoms with E-state index in [2.05, 4.69) is 24.0 Å². The average Bonchev–Trinajstić information content (AvgIpc) is 2.58. The third kappa shape index (κ3) is 5.13. The molecule has 2 fully saturated rings. The molecule has 2 aliphatic heterocycles. The van der Waals surface area contributed by atoms with Crippen LogP contribution in [0.15, 0.2) is 24.3 Å². The molecule has 1 aromatic carbocycles. The van der Waals surface area contributed by atoms with Crippen LogP contribution in [0.25, 0.3) is 0 Å². The lowest BCUT2D eigenvalue weighted by atomic mass is 9.91. The summed E-state index contributed by atoms with van der Waals surface area (Å²) in [6.45, 7) is 12.1. The number of fused-ring (bicyclic) bond motifs is 1. The van der Waals surface area contributed by atoms with Gasteiger partial charge in [0.25, 0.3) is 0 Å². The number of hydrogen-bond donors (Lipinski definition) is 0. The van der Waals surface area contributed by atoms with Gasteiger partial charge in [-0.05, 0) is 58.2 Å². The molecule has 0 radical (unpaired) electrons. The first-order chi connectivity index (χ1) is 12.3. The van der Waals surface area contributed by atoms with Crippen molar-refractivity contribution in [3.63, 3.8) is 0 Å². The summed E-state index contributed by atoms with van der Waals surface area (Å²) in [5, 5.41) is 0. The van der Waals surface area contributed by atoms with Gasteiger partial charge in [0.15, 0.2) is 0 Å². The Balaban J connectivity index is 1.47. The van der Waals surface area contributed by atoms with E-state index in [0.29, 0.717) is 12.0 Å². The van der Waals surface area contributed by atoms with E-state index < -0.39 is 5.60 Å². The fourth-order valence-corrected chi connectivity index (χ4v) is 3.81. The molecular weight excluding hydrogens is 328 g/mol. The van der Waals surface area contributed by atoms with Crippen molar-refractivity contribution in [1.82, 2.24) is 9.80 Å². The molecule has 144 valence electrons. The second kappa shape index (κ2) is 7.87. The monoisotopic (exact) mass is 360 g/mol. The highest BCUT2D eigenvalue weighted by Gasteiger charge is 2.35. The van der Waals surface area contributed by atoms with E-state index in [0.717, 1.165) is 51.4 Å². The molecule has 1 aromatic rings. The van der Waals surface area contributed by atoms with Crippen molar-refractivity contribution in [2.45, 2.75) is 52.2 Å². The number of rotatable bonds is 3. The van der Waals surface area contributed by atoms with Crippen LogP contribution in [0.3, 0.4) is 0 Å². The van der Waals surface area contributed by atoms with E-state index >= 15 is 0 Å². The molecular formula is C21H32N2O3. The molecule has 0 unspecified atom stereocenters. The van der Waals surface area contributed by atoms with Gasteiger partial charge in [0.2, 0.25) is 0 Å². The smallest absolute Gasteiger partial charge is 0.410 e. The molecule has 0 saturated carbocycles. The number of hydrogen-bond acceptors (Lipinski definition) is 4. The van der Waals surface area contributed by atoms with Gasteiger partial charge in [0.05, 0.1) is 6.61 Å². The minimum Gasteiger partial charge on any atom is -0.493 e. The predicted octanol–water partition coefficient (Wildman–Crippen LogP) is 3.71. The van der Waals surface area contributed by atoms with Crippen LogP contribution in [0.5, 0.6) is 5.75 Å². The van der Waals surface area contributed by atoms with Crippen molar-refractivity contribution in [1.29, 1.82) is 0 Å². The molecule has 3 rings (SSSR count). The summed E-state index contributed by atoms with van der Waals surface area (Å²) in [7, 11) is 0. The third-order valence-electron chi connectivity index (χ3n) is 5.13. The summed E-state index contributed by atoms with van der Waals surface area (Å²) in [6, 6.07) is 8.69. The first-order valence-corrected chi connectivity index (χ1v) is 9.71. The molecule has 5 heteroatoms. The zero-order chi connectivity index (χ0) is 18.7. The minimum atomic E-state index is -0.432. The molecule has 0 bridgehead atoms. The van der Waals surface area contributed by atoms with Crippen molar-refractivity contribution in [2.75, 3.05) is 32.8 Å². The Kier molecular flexibility index (Phi) is 5.76. The maximum absolute atomic E-state index is 12.3. The van der Waals surface area contributed by atoms with Crippen molar-refractivity contribution < 1.29 is 14.3 Å². The van der Waals surface area contributed by atoms with Crippen LogP contribution in [0.4, 0.5) is 4.79 Å². The Morgan fingerprint density at radius 2 is 2.00 bits per heavy atom. The molecule has 5 nitrogen and oxygen atoms in total.